The Morgan fingerprint density at radius 1 is 1.31 bits per heavy atom. The fourth-order valence-electron chi connectivity index (χ4n) is 1.66. The van der Waals surface area contributed by atoms with Crippen molar-refractivity contribution in [1.82, 2.24) is 9.97 Å². The van der Waals surface area contributed by atoms with E-state index in [2.05, 4.69) is 34.4 Å². The van der Waals surface area contributed by atoms with Gasteiger partial charge in [0.15, 0.2) is 0 Å². The number of hydrogen-bond acceptors (Lipinski definition) is 4. The van der Waals surface area contributed by atoms with Crippen LogP contribution in [-0.4, -0.2) is 23.1 Å². The summed E-state index contributed by atoms with van der Waals surface area (Å²) in [5.74, 6) is 1.82. The number of nitrogens with one attached hydrogen (secondary N) is 2. The van der Waals surface area contributed by atoms with Crippen LogP contribution in [-0.2, 0) is 0 Å². The molecular weight excluding hydrogens is 200 g/mol. The van der Waals surface area contributed by atoms with E-state index in [-0.39, 0.29) is 0 Å². The van der Waals surface area contributed by atoms with Gasteiger partial charge in [-0.2, -0.15) is 0 Å². The molecule has 90 valence electrons. The average molecular weight is 222 g/mol. The van der Waals surface area contributed by atoms with Gasteiger partial charge in [-0.3, -0.25) is 0 Å². The van der Waals surface area contributed by atoms with Crippen LogP contribution in [0.2, 0.25) is 0 Å². The molecule has 0 fully saturated rings. The van der Waals surface area contributed by atoms with E-state index in [9.17, 15) is 0 Å². The molecule has 4 heteroatoms. The summed E-state index contributed by atoms with van der Waals surface area (Å²) in [4.78, 5) is 8.44. The van der Waals surface area contributed by atoms with Gasteiger partial charge in [-0.1, -0.05) is 19.8 Å². The maximum absolute atomic E-state index is 4.27. The second kappa shape index (κ2) is 6.30. The van der Waals surface area contributed by atoms with Crippen LogP contribution in [0.3, 0.4) is 0 Å². The van der Waals surface area contributed by atoms with E-state index in [0.29, 0.717) is 6.04 Å². The summed E-state index contributed by atoms with van der Waals surface area (Å²) in [6.45, 7) is 6.43. The standard InChI is InChI=1S/C12H22N4/c1-5-6-7-9(2)16-12-10(3)11(13-4)14-8-15-12/h8-9H,5-7H2,1-4H3,(H2,13,14,15,16). The summed E-state index contributed by atoms with van der Waals surface area (Å²) in [6, 6.07) is 0.457. The van der Waals surface area contributed by atoms with Crippen LogP contribution >= 0.6 is 0 Å². The number of hydrogen-bond donors (Lipinski definition) is 2. The molecule has 2 N–H and O–H groups in total. The van der Waals surface area contributed by atoms with Crippen LogP contribution in [0.25, 0.3) is 0 Å². The first kappa shape index (κ1) is 12.7. The molecule has 0 bridgehead atoms. The van der Waals surface area contributed by atoms with E-state index in [1.165, 1.54) is 19.3 Å². The lowest BCUT2D eigenvalue weighted by molar-refractivity contribution is 0.642. The van der Waals surface area contributed by atoms with Gasteiger partial charge >= 0.3 is 0 Å². The van der Waals surface area contributed by atoms with Crippen molar-refractivity contribution >= 4 is 11.6 Å². The van der Waals surface area contributed by atoms with Gasteiger partial charge in [0.1, 0.15) is 18.0 Å². The number of anilines is 2. The lowest BCUT2D eigenvalue weighted by atomic mass is 10.1. The van der Waals surface area contributed by atoms with E-state index in [0.717, 1.165) is 17.2 Å². The molecule has 1 heterocycles. The minimum absolute atomic E-state index is 0.457. The van der Waals surface area contributed by atoms with Crippen molar-refractivity contribution in [2.45, 2.75) is 46.1 Å². The first-order valence-corrected chi connectivity index (χ1v) is 5.94. The molecule has 0 amide bonds. The minimum Gasteiger partial charge on any atom is -0.373 e. The zero-order valence-electron chi connectivity index (χ0n) is 10.7. The SMILES string of the molecule is CCCCC(C)Nc1ncnc(NC)c1C. The highest BCUT2D eigenvalue weighted by molar-refractivity contribution is 5.56. The summed E-state index contributed by atoms with van der Waals surface area (Å²) in [6.07, 6.45) is 5.25. The largest absolute Gasteiger partial charge is 0.373 e. The van der Waals surface area contributed by atoms with Crippen molar-refractivity contribution in [2.75, 3.05) is 17.7 Å². The van der Waals surface area contributed by atoms with Crippen LogP contribution in [0.15, 0.2) is 6.33 Å². The first-order valence-electron chi connectivity index (χ1n) is 5.94. The average Bonchev–Trinajstić information content (AvgIpc) is 2.29. The smallest absolute Gasteiger partial charge is 0.134 e. The Hall–Kier alpha value is -1.32. The third-order valence-electron chi connectivity index (χ3n) is 2.69. The van der Waals surface area contributed by atoms with Crippen molar-refractivity contribution in [2.24, 2.45) is 0 Å². The predicted molar refractivity (Wildman–Crippen MR) is 68.9 cm³/mol. The van der Waals surface area contributed by atoms with Gasteiger partial charge < -0.3 is 10.6 Å². The van der Waals surface area contributed by atoms with Crippen molar-refractivity contribution in [1.29, 1.82) is 0 Å². The summed E-state index contributed by atoms with van der Waals surface area (Å²) in [5.41, 5.74) is 1.08. The van der Waals surface area contributed by atoms with Crippen molar-refractivity contribution in [3.8, 4) is 0 Å². The lowest BCUT2D eigenvalue weighted by Crippen LogP contribution is -2.17. The Morgan fingerprint density at radius 3 is 2.62 bits per heavy atom. The van der Waals surface area contributed by atoms with E-state index in [1.54, 1.807) is 6.33 Å². The highest BCUT2D eigenvalue weighted by Crippen LogP contribution is 2.19. The number of unbranched alkanes of at least 4 members (excludes halogenated alkanes) is 1. The van der Waals surface area contributed by atoms with Gasteiger partial charge in [-0.25, -0.2) is 9.97 Å². The Morgan fingerprint density at radius 2 is 2.00 bits per heavy atom. The Kier molecular flexibility index (Phi) is 5.02. The molecule has 1 atom stereocenters. The van der Waals surface area contributed by atoms with E-state index < -0.39 is 0 Å². The zero-order valence-corrected chi connectivity index (χ0v) is 10.7. The van der Waals surface area contributed by atoms with Gasteiger partial charge in [0.2, 0.25) is 0 Å². The van der Waals surface area contributed by atoms with E-state index in [4.69, 9.17) is 0 Å². The number of nitrogens with zero attached hydrogens (tertiary/aromatic N) is 2. The molecule has 0 aromatic carbocycles. The molecule has 0 saturated carbocycles. The van der Waals surface area contributed by atoms with Gasteiger partial charge in [-0.05, 0) is 20.3 Å². The maximum Gasteiger partial charge on any atom is 0.134 e. The molecule has 4 nitrogen and oxygen atoms in total. The second-order valence-electron chi connectivity index (χ2n) is 4.13. The molecule has 1 unspecified atom stereocenters. The van der Waals surface area contributed by atoms with E-state index >= 15 is 0 Å². The monoisotopic (exact) mass is 222 g/mol. The molecule has 0 aliphatic heterocycles. The molecule has 1 aromatic rings. The summed E-state index contributed by atoms with van der Waals surface area (Å²) in [5, 5.41) is 6.49. The van der Waals surface area contributed by atoms with Crippen molar-refractivity contribution in [3.05, 3.63) is 11.9 Å². The number of rotatable bonds is 6. The second-order valence-corrected chi connectivity index (χ2v) is 4.13. The molecule has 0 spiro atoms. The molecule has 0 radical (unpaired) electrons. The fourth-order valence-corrected chi connectivity index (χ4v) is 1.66. The molecule has 0 saturated heterocycles. The third-order valence-corrected chi connectivity index (χ3v) is 2.69. The van der Waals surface area contributed by atoms with Crippen molar-refractivity contribution in [3.63, 3.8) is 0 Å². The van der Waals surface area contributed by atoms with Crippen LogP contribution in [0, 0.1) is 6.92 Å². The summed E-state index contributed by atoms with van der Waals surface area (Å²) < 4.78 is 0. The maximum atomic E-state index is 4.27. The van der Waals surface area contributed by atoms with E-state index in [1.807, 2.05) is 14.0 Å². The lowest BCUT2D eigenvalue weighted by Gasteiger charge is -2.16. The molecule has 0 aliphatic rings. The topological polar surface area (TPSA) is 49.8 Å². The van der Waals surface area contributed by atoms with Crippen LogP contribution in [0.5, 0.6) is 0 Å². The Labute approximate surface area is 97.9 Å². The molecule has 0 aliphatic carbocycles. The fraction of sp³-hybridized carbons (Fsp3) is 0.667. The molecule has 16 heavy (non-hydrogen) atoms. The quantitative estimate of drug-likeness (QED) is 0.777. The molecule has 1 rings (SSSR count). The zero-order chi connectivity index (χ0) is 12.0. The normalized spacial score (nSPS) is 12.2. The summed E-state index contributed by atoms with van der Waals surface area (Å²) >= 11 is 0. The molecular formula is C12H22N4. The van der Waals surface area contributed by atoms with Gasteiger partial charge in [0.25, 0.3) is 0 Å². The Bertz CT molecular complexity index is 325. The number of aromatic nitrogens is 2. The Balaban J connectivity index is 2.66. The minimum atomic E-state index is 0.457. The van der Waals surface area contributed by atoms with Gasteiger partial charge in [0.05, 0.1) is 0 Å². The summed E-state index contributed by atoms with van der Waals surface area (Å²) in [7, 11) is 1.87. The highest BCUT2D eigenvalue weighted by atomic mass is 15.1. The third kappa shape index (κ3) is 3.36. The predicted octanol–water partition coefficient (Wildman–Crippen LogP) is 2.82. The van der Waals surface area contributed by atoms with Gasteiger partial charge in [-0.15, -0.1) is 0 Å². The first-order chi connectivity index (χ1) is 7.69. The highest BCUT2D eigenvalue weighted by Gasteiger charge is 2.08. The van der Waals surface area contributed by atoms with Crippen LogP contribution in [0.4, 0.5) is 11.6 Å². The van der Waals surface area contributed by atoms with Crippen molar-refractivity contribution < 1.29 is 0 Å². The van der Waals surface area contributed by atoms with Crippen LogP contribution < -0.4 is 10.6 Å². The van der Waals surface area contributed by atoms with Crippen LogP contribution in [0.1, 0.15) is 38.7 Å². The molecule has 1 aromatic heterocycles. The van der Waals surface area contributed by atoms with Gasteiger partial charge in [0, 0.05) is 18.7 Å².